The molecule has 1 saturated heterocycles. The molecule has 0 spiro atoms. The molecule has 12 nitrogen and oxygen atoms in total. The summed E-state index contributed by atoms with van der Waals surface area (Å²) in [6.45, 7) is 4.27. The molecule has 2 amide bonds. The predicted octanol–water partition coefficient (Wildman–Crippen LogP) is 1.33. The molecule has 0 unspecified atom stereocenters. The number of imidazole rings is 1. The Hall–Kier alpha value is -3.62. The second-order valence-corrected chi connectivity index (χ2v) is 11.4. The van der Waals surface area contributed by atoms with Crippen molar-refractivity contribution in [3.63, 3.8) is 0 Å². The molecule has 15 heteroatoms. The lowest BCUT2D eigenvalue weighted by molar-refractivity contribution is -0.693. The normalized spacial score (nSPS) is 19.4. The number of carboxylic acid groups (broad SMARTS) is 1. The third kappa shape index (κ3) is 4.27. The molecule has 0 saturated carbocycles. The lowest BCUT2D eigenvalue weighted by Gasteiger charge is -2.49. The quantitative estimate of drug-likeness (QED) is 0.165. The van der Waals surface area contributed by atoms with Crippen molar-refractivity contribution in [3.05, 3.63) is 57.2 Å². The summed E-state index contributed by atoms with van der Waals surface area (Å²) in [5.41, 5.74) is 8.05. The molecule has 2 aliphatic heterocycles. The van der Waals surface area contributed by atoms with Crippen LogP contribution in [0.2, 0.25) is 4.34 Å². The van der Waals surface area contributed by atoms with E-state index in [1.165, 1.54) is 23.8 Å². The van der Waals surface area contributed by atoms with Crippen molar-refractivity contribution in [2.75, 3.05) is 18.6 Å². The molecule has 3 aromatic rings. The predicted molar refractivity (Wildman–Crippen MR) is 142 cm³/mol. The lowest BCUT2D eigenvalue weighted by atomic mass is 10.0. The van der Waals surface area contributed by atoms with E-state index in [0.29, 0.717) is 17.9 Å². The SMILES string of the molecule is CO/N=C(\C(=O)N[C@@H]1C(=O)N2C(C(=O)O)=C(C[n+]3cc4cccc(C)n4c3C)CS[C@H]12)c1nc(N)sc1Cl. The van der Waals surface area contributed by atoms with Crippen molar-refractivity contribution < 1.29 is 28.9 Å². The maximum Gasteiger partial charge on any atom is 0.352 e. The Kier molecular flexibility index (Phi) is 6.79. The Bertz CT molecular complexity index is 1560. The lowest BCUT2D eigenvalue weighted by Crippen LogP contribution is -2.71. The highest BCUT2D eigenvalue weighted by molar-refractivity contribution is 8.00. The van der Waals surface area contributed by atoms with E-state index in [9.17, 15) is 19.5 Å². The first-order chi connectivity index (χ1) is 18.1. The molecule has 1 fully saturated rings. The van der Waals surface area contributed by atoms with Crippen LogP contribution in [0, 0.1) is 13.8 Å². The van der Waals surface area contributed by atoms with Gasteiger partial charge in [0.2, 0.25) is 0 Å². The summed E-state index contributed by atoms with van der Waals surface area (Å²) >= 11 is 8.48. The molecule has 2 atom stereocenters. The first-order valence-corrected chi connectivity index (χ1v) is 13.6. The number of carboxylic acids is 1. The minimum atomic E-state index is -1.20. The molecular weight excluding hydrogens is 554 g/mol. The Morgan fingerprint density at radius 3 is 2.79 bits per heavy atom. The average molecular weight is 577 g/mol. The van der Waals surface area contributed by atoms with Crippen LogP contribution in [0.1, 0.15) is 17.2 Å². The van der Waals surface area contributed by atoms with E-state index in [1.54, 1.807) is 0 Å². The third-order valence-corrected chi connectivity index (χ3v) is 8.79. The fraction of sp³-hybridized carbons (Fsp3) is 0.304. The number of carbonyl (C=O) groups excluding carboxylic acids is 2. The number of anilines is 1. The van der Waals surface area contributed by atoms with Crippen LogP contribution in [-0.4, -0.2) is 67.2 Å². The number of pyridine rings is 1. The van der Waals surface area contributed by atoms with Gasteiger partial charge in [0, 0.05) is 18.2 Å². The number of nitrogens with zero attached hydrogens (tertiary/aromatic N) is 5. The fourth-order valence-corrected chi connectivity index (χ4v) is 6.95. The highest BCUT2D eigenvalue weighted by Gasteiger charge is 2.54. The van der Waals surface area contributed by atoms with Crippen molar-refractivity contribution in [2.24, 2.45) is 5.16 Å². The monoisotopic (exact) mass is 576 g/mol. The van der Waals surface area contributed by atoms with Crippen LogP contribution in [0.25, 0.3) is 5.52 Å². The van der Waals surface area contributed by atoms with Crippen LogP contribution in [-0.2, 0) is 25.8 Å². The van der Waals surface area contributed by atoms with Crippen LogP contribution in [0.3, 0.4) is 0 Å². The molecule has 0 aromatic carbocycles. The van der Waals surface area contributed by atoms with Gasteiger partial charge < -0.3 is 21.0 Å². The number of hydrogen-bond donors (Lipinski definition) is 3. The second-order valence-electron chi connectivity index (χ2n) is 8.65. The van der Waals surface area contributed by atoms with E-state index in [2.05, 4.69) is 19.9 Å². The maximum absolute atomic E-state index is 13.1. The number of thiazole rings is 1. The first kappa shape index (κ1) is 26.0. The van der Waals surface area contributed by atoms with Gasteiger partial charge in [0.15, 0.2) is 16.4 Å². The number of β-lactam (4-membered cyclic amide) rings is 1. The van der Waals surface area contributed by atoms with E-state index >= 15 is 0 Å². The highest BCUT2D eigenvalue weighted by Crippen LogP contribution is 2.40. The second kappa shape index (κ2) is 9.93. The van der Waals surface area contributed by atoms with E-state index in [1.807, 2.05) is 42.8 Å². The van der Waals surface area contributed by atoms with Crippen molar-refractivity contribution >= 4 is 68.8 Å². The minimum Gasteiger partial charge on any atom is -0.477 e. The Balaban J connectivity index is 1.39. The molecule has 5 heterocycles. The largest absolute Gasteiger partial charge is 0.477 e. The zero-order chi connectivity index (χ0) is 27.3. The summed E-state index contributed by atoms with van der Waals surface area (Å²) in [7, 11) is 1.25. The first-order valence-electron chi connectivity index (χ1n) is 11.3. The zero-order valence-corrected chi connectivity index (χ0v) is 22.9. The van der Waals surface area contributed by atoms with E-state index in [4.69, 9.17) is 22.2 Å². The van der Waals surface area contributed by atoms with Gasteiger partial charge in [-0.05, 0) is 19.1 Å². The van der Waals surface area contributed by atoms with Gasteiger partial charge in [0.25, 0.3) is 17.6 Å². The average Bonchev–Trinajstić information content (AvgIpc) is 3.38. The van der Waals surface area contributed by atoms with Gasteiger partial charge in [-0.3, -0.25) is 14.5 Å². The standard InChI is InChI=1S/C23H22ClN7O5S2/c1-10-5-4-6-13-8-29(11(2)30(10)13)7-12-9-37-21-16(20(33)31(21)17(12)22(34)35)26-19(32)15(28-36-3)14-18(24)38-23(25)27-14/h4-6,8,16,21H,7,9H2,1-3H3,(H3-,25,26,27,32,34,35)/p+1/b28-15-/t16-,21-/m1/s1. The van der Waals surface area contributed by atoms with Crippen LogP contribution in [0.5, 0.6) is 0 Å². The van der Waals surface area contributed by atoms with Crippen LogP contribution in [0.4, 0.5) is 5.13 Å². The minimum absolute atomic E-state index is 0.0319. The number of aromatic nitrogens is 3. The van der Waals surface area contributed by atoms with E-state index < -0.39 is 29.2 Å². The number of hydrogen-bond acceptors (Lipinski definition) is 9. The van der Waals surface area contributed by atoms with Gasteiger partial charge in [-0.25, -0.2) is 14.3 Å². The zero-order valence-electron chi connectivity index (χ0n) is 20.5. The molecule has 0 bridgehead atoms. The molecule has 4 N–H and O–H groups in total. The topological polar surface area (TPSA) is 156 Å². The van der Waals surface area contributed by atoms with Crippen molar-refractivity contribution in [1.29, 1.82) is 0 Å². The number of nitrogens with two attached hydrogens (primary N) is 1. The van der Waals surface area contributed by atoms with Crippen LogP contribution < -0.4 is 15.6 Å². The number of amides is 2. The molecule has 0 radical (unpaired) electrons. The molecule has 3 aromatic heterocycles. The Morgan fingerprint density at radius 2 is 2.16 bits per heavy atom. The summed E-state index contributed by atoms with van der Waals surface area (Å²) in [5, 5.41) is 15.9. The summed E-state index contributed by atoms with van der Waals surface area (Å²) in [6.07, 6.45) is 1.96. The third-order valence-electron chi connectivity index (χ3n) is 6.36. The molecule has 38 heavy (non-hydrogen) atoms. The number of nitrogen functional groups attached to an aromatic ring is 1. The number of fused-ring (bicyclic) bond motifs is 2. The van der Waals surface area contributed by atoms with Crippen molar-refractivity contribution in [3.8, 4) is 0 Å². The molecule has 2 aliphatic rings. The smallest absolute Gasteiger partial charge is 0.352 e. The number of rotatable bonds is 7. The van der Waals surface area contributed by atoms with Gasteiger partial charge >= 0.3 is 5.97 Å². The van der Waals surface area contributed by atoms with Crippen LogP contribution >= 0.6 is 34.7 Å². The van der Waals surface area contributed by atoms with Gasteiger partial charge in [0.1, 0.15) is 52.7 Å². The summed E-state index contributed by atoms with van der Waals surface area (Å²) in [5.74, 6) is -1.17. The maximum atomic E-state index is 13.1. The summed E-state index contributed by atoms with van der Waals surface area (Å²) < 4.78 is 4.20. The Morgan fingerprint density at radius 1 is 1.39 bits per heavy atom. The van der Waals surface area contributed by atoms with Gasteiger partial charge in [-0.2, -0.15) is 4.40 Å². The van der Waals surface area contributed by atoms with E-state index in [-0.39, 0.29) is 26.6 Å². The van der Waals surface area contributed by atoms with E-state index in [0.717, 1.165) is 28.4 Å². The van der Waals surface area contributed by atoms with Gasteiger partial charge in [-0.1, -0.05) is 34.2 Å². The fourth-order valence-electron chi connectivity index (χ4n) is 4.69. The number of thioether (sulfide) groups is 1. The molecule has 0 aliphatic carbocycles. The van der Waals surface area contributed by atoms with Gasteiger partial charge in [-0.15, -0.1) is 11.8 Å². The van der Waals surface area contributed by atoms with Crippen LogP contribution in [0.15, 0.2) is 40.8 Å². The number of aliphatic carboxylic acids is 1. The number of carbonyl (C=O) groups is 3. The summed E-state index contributed by atoms with van der Waals surface area (Å²) in [6, 6.07) is 4.98. The molecular formula is C23H23ClN7O5S2+. The number of oxime groups is 1. The highest BCUT2D eigenvalue weighted by atomic mass is 35.5. The summed E-state index contributed by atoms with van der Waals surface area (Å²) in [4.78, 5) is 48.5. The Labute approximate surface area is 229 Å². The number of aryl methyl sites for hydroxylation is 2. The van der Waals surface area contributed by atoms with Crippen molar-refractivity contribution in [2.45, 2.75) is 31.8 Å². The molecule has 5 rings (SSSR count). The molecule has 198 valence electrons. The van der Waals surface area contributed by atoms with Gasteiger partial charge in [0.05, 0.1) is 0 Å². The van der Waals surface area contributed by atoms with Crippen molar-refractivity contribution in [1.82, 2.24) is 19.6 Å². The number of halogens is 1. The number of nitrogens with one attached hydrogen (secondary N) is 1.